The van der Waals surface area contributed by atoms with Crippen LogP contribution in [0.25, 0.3) is 11.0 Å². The molecule has 3 aromatic rings. The van der Waals surface area contributed by atoms with Gasteiger partial charge in [0, 0.05) is 12.6 Å². The highest BCUT2D eigenvalue weighted by molar-refractivity contribution is 5.78. The van der Waals surface area contributed by atoms with E-state index in [1.165, 1.54) is 0 Å². The first-order valence-electron chi connectivity index (χ1n) is 6.93. The SMILES string of the molecule is Cc1cc(Cn2c(NC[C@@H](C)O)nc3ccccc32)on1. The summed E-state index contributed by atoms with van der Waals surface area (Å²) in [6.07, 6.45) is -0.439. The number of nitrogens with zero attached hydrogens (tertiary/aromatic N) is 3. The molecule has 2 aromatic heterocycles. The molecule has 0 bridgehead atoms. The zero-order valence-corrected chi connectivity index (χ0v) is 12.1. The number of para-hydroxylation sites is 2. The summed E-state index contributed by atoms with van der Waals surface area (Å²) in [7, 11) is 0. The second kappa shape index (κ2) is 5.57. The minimum absolute atomic E-state index is 0.439. The maximum Gasteiger partial charge on any atom is 0.204 e. The molecule has 0 fully saturated rings. The predicted molar refractivity (Wildman–Crippen MR) is 80.2 cm³/mol. The molecule has 21 heavy (non-hydrogen) atoms. The molecule has 0 aliphatic heterocycles. The van der Waals surface area contributed by atoms with Crippen molar-refractivity contribution in [2.75, 3.05) is 11.9 Å². The highest BCUT2D eigenvalue weighted by Crippen LogP contribution is 2.21. The fourth-order valence-electron chi connectivity index (χ4n) is 2.26. The summed E-state index contributed by atoms with van der Waals surface area (Å²) in [5, 5.41) is 16.5. The smallest absolute Gasteiger partial charge is 0.204 e. The number of benzene rings is 1. The molecule has 0 saturated carbocycles. The Balaban J connectivity index is 1.98. The van der Waals surface area contributed by atoms with Crippen molar-refractivity contribution in [1.82, 2.24) is 14.7 Å². The third-order valence-corrected chi connectivity index (χ3v) is 3.20. The summed E-state index contributed by atoms with van der Waals surface area (Å²) in [6.45, 7) is 4.62. The van der Waals surface area contributed by atoms with Gasteiger partial charge in [-0.05, 0) is 26.0 Å². The van der Waals surface area contributed by atoms with E-state index in [0.29, 0.717) is 19.0 Å². The molecule has 2 N–H and O–H groups in total. The monoisotopic (exact) mass is 286 g/mol. The van der Waals surface area contributed by atoms with Gasteiger partial charge in [-0.15, -0.1) is 0 Å². The third kappa shape index (κ3) is 2.90. The van der Waals surface area contributed by atoms with Crippen molar-refractivity contribution in [3.63, 3.8) is 0 Å². The maximum atomic E-state index is 9.44. The van der Waals surface area contributed by atoms with Gasteiger partial charge in [0.1, 0.15) is 0 Å². The van der Waals surface area contributed by atoms with Gasteiger partial charge in [-0.3, -0.25) is 0 Å². The Kier molecular flexibility index (Phi) is 3.62. The van der Waals surface area contributed by atoms with Crippen molar-refractivity contribution < 1.29 is 9.63 Å². The number of imidazole rings is 1. The number of hydrogen-bond acceptors (Lipinski definition) is 5. The Labute approximate surface area is 122 Å². The normalized spacial score (nSPS) is 12.7. The number of anilines is 1. The van der Waals surface area contributed by atoms with Gasteiger partial charge in [-0.2, -0.15) is 0 Å². The summed E-state index contributed by atoms with van der Waals surface area (Å²) < 4.78 is 7.32. The molecular formula is C15H18N4O2. The highest BCUT2D eigenvalue weighted by atomic mass is 16.5. The quantitative estimate of drug-likeness (QED) is 0.751. The zero-order chi connectivity index (χ0) is 14.8. The highest BCUT2D eigenvalue weighted by Gasteiger charge is 2.13. The van der Waals surface area contributed by atoms with Crippen molar-refractivity contribution in [3.8, 4) is 0 Å². The third-order valence-electron chi connectivity index (χ3n) is 3.20. The average molecular weight is 286 g/mol. The fourth-order valence-corrected chi connectivity index (χ4v) is 2.26. The number of aliphatic hydroxyl groups excluding tert-OH is 1. The summed E-state index contributed by atoms with van der Waals surface area (Å²) in [5.41, 5.74) is 2.77. The Morgan fingerprint density at radius 1 is 1.38 bits per heavy atom. The van der Waals surface area contributed by atoms with Gasteiger partial charge in [0.05, 0.1) is 29.4 Å². The molecule has 6 nitrogen and oxygen atoms in total. The number of rotatable bonds is 5. The lowest BCUT2D eigenvalue weighted by Crippen LogP contribution is -2.18. The van der Waals surface area contributed by atoms with Crippen LogP contribution in [0.15, 0.2) is 34.9 Å². The van der Waals surface area contributed by atoms with Crippen LogP contribution in [0.5, 0.6) is 0 Å². The second-order valence-corrected chi connectivity index (χ2v) is 5.17. The van der Waals surface area contributed by atoms with Crippen molar-refractivity contribution >= 4 is 17.0 Å². The number of aryl methyl sites for hydroxylation is 1. The molecule has 3 rings (SSSR count). The lowest BCUT2D eigenvalue weighted by Gasteiger charge is -2.10. The number of aromatic nitrogens is 3. The Hall–Kier alpha value is -2.34. The molecule has 0 amide bonds. The van der Waals surface area contributed by atoms with E-state index in [4.69, 9.17) is 4.52 Å². The average Bonchev–Trinajstić information content (AvgIpc) is 3.01. The van der Waals surface area contributed by atoms with E-state index in [2.05, 4.69) is 15.5 Å². The van der Waals surface area contributed by atoms with E-state index in [-0.39, 0.29) is 0 Å². The summed E-state index contributed by atoms with van der Waals surface area (Å²) in [4.78, 5) is 4.57. The molecule has 0 unspecified atom stereocenters. The molecule has 0 aliphatic rings. The van der Waals surface area contributed by atoms with Crippen LogP contribution in [0.4, 0.5) is 5.95 Å². The van der Waals surface area contributed by atoms with Gasteiger partial charge in [-0.25, -0.2) is 4.98 Å². The molecular weight excluding hydrogens is 268 g/mol. The molecule has 6 heteroatoms. The first-order valence-corrected chi connectivity index (χ1v) is 6.93. The van der Waals surface area contributed by atoms with E-state index in [1.807, 2.05) is 41.8 Å². The van der Waals surface area contributed by atoms with Crippen LogP contribution in [-0.4, -0.2) is 32.5 Å². The van der Waals surface area contributed by atoms with E-state index < -0.39 is 6.10 Å². The lowest BCUT2D eigenvalue weighted by atomic mass is 10.3. The lowest BCUT2D eigenvalue weighted by molar-refractivity contribution is 0.208. The zero-order valence-electron chi connectivity index (χ0n) is 12.1. The minimum atomic E-state index is -0.439. The fraction of sp³-hybridized carbons (Fsp3) is 0.333. The minimum Gasteiger partial charge on any atom is -0.392 e. The molecule has 1 aromatic carbocycles. The Morgan fingerprint density at radius 3 is 2.90 bits per heavy atom. The van der Waals surface area contributed by atoms with Gasteiger partial charge in [0.2, 0.25) is 5.95 Å². The number of fused-ring (bicyclic) bond motifs is 1. The van der Waals surface area contributed by atoms with E-state index in [0.717, 1.165) is 22.5 Å². The molecule has 2 heterocycles. The standard InChI is InChI=1S/C15H18N4O2/c1-10-7-12(21-18-10)9-19-14-6-4-3-5-13(14)17-15(19)16-8-11(2)20/h3-7,11,20H,8-9H2,1-2H3,(H,16,17)/t11-/m1/s1. The topological polar surface area (TPSA) is 76.1 Å². The van der Waals surface area contributed by atoms with Gasteiger partial charge in [0.15, 0.2) is 5.76 Å². The van der Waals surface area contributed by atoms with E-state index in [9.17, 15) is 5.11 Å². The van der Waals surface area contributed by atoms with Gasteiger partial charge in [-0.1, -0.05) is 17.3 Å². The van der Waals surface area contributed by atoms with Gasteiger partial charge < -0.3 is 19.5 Å². The Morgan fingerprint density at radius 2 is 2.19 bits per heavy atom. The van der Waals surface area contributed by atoms with Crippen LogP contribution < -0.4 is 5.32 Å². The number of nitrogens with one attached hydrogen (secondary N) is 1. The number of aliphatic hydroxyl groups is 1. The largest absolute Gasteiger partial charge is 0.392 e. The van der Waals surface area contributed by atoms with Gasteiger partial charge in [0.25, 0.3) is 0 Å². The predicted octanol–water partition coefficient (Wildman–Crippen LogP) is 2.17. The molecule has 110 valence electrons. The van der Waals surface area contributed by atoms with Crippen molar-refractivity contribution in [3.05, 3.63) is 41.8 Å². The molecule has 1 atom stereocenters. The first kappa shape index (κ1) is 13.6. The Bertz CT molecular complexity index is 745. The van der Waals surface area contributed by atoms with E-state index in [1.54, 1.807) is 6.92 Å². The second-order valence-electron chi connectivity index (χ2n) is 5.17. The molecule has 0 saturated heterocycles. The van der Waals surface area contributed by atoms with Crippen molar-refractivity contribution in [1.29, 1.82) is 0 Å². The molecule has 0 aliphatic carbocycles. The number of hydrogen-bond donors (Lipinski definition) is 2. The summed E-state index contributed by atoms with van der Waals surface area (Å²) in [6, 6.07) is 9.82. The van der Waals surface area contributed by atoms with Crippen molar-refractivity contribution in [2.24, 2.45) is 0 Å². The van der Waals surface area contributed by atoms with Gasteiger partial charge >= 0.3 is 0 Å². The molecule has 0 radical (unpaired) electrons. The summed E-state index contributed by atoms with van der Waals surface area (Å²) in [5.74, 6) is 1.49. The van der Waals surface area contributed by atoms with Crippen LogP contribution in [0.3, 0.4) is 0 Å². The van der Waals surface area contributed by atoms with Crippen LogP contribution >= 0.6 is 0 Å². The van der Waals surface area contributed by atoms with E-state index >= 15 is 0 Å². The first-order chi connectivity index (χ1) is 10.1. The van der Waals surface area contributed by atoms with Crippen LogP contribution in [0.1, 0.15) is 18.4 Å². The van der Waals surface area contributed by atoms with Crippen LogP contribution in [0, 0.1) is 6.92 Å². The summed E-state index contributed by atoms with van der Waals surface area (Å²) >= 11 is 0. The van der Waals surface area contributed by atoms with Crippen molar-refractivity contribution in [2.45, 2.75) is 26.5 Å². The molecule has 0 spiro atoms. The van der Waals surface area contributed by atoms with Crippen LogP contribution in [-0.2, 0) is 6.54 Å². The maximum absolute atomic E-state index is 9.44. The van der Waals surface area contributed by atoms with Crippen LogP contribution in [0.2, 0.25) is 0 Å².